The van der Waals surface area contributed by atoms with Crippen molar-refractivity contribution in [2.24, 2.45) is 0 Å². The van der Waals surface area contributed by atoms with Crippen molar-refractivity contribution in [3.8, 4) is 0 Å². The number of rotatable bonds is 1. The standard InChI is InChI=1S/C7H5BBrF3NO/c1-8-3-2-4(9)5(7(10,11)12)13-6(3)14/h2H,1H3,(H,13,14). The van der Waals surface area contributed by atoms with Crippen molar-refractivity contribution in [2.75, 3.05) is 0 Å². The van der Waals surface area contributed by atoms with Crippen LogP contribution in [0.15, 0.2) is 15.3 Å². The van der Waals surface area contributed by atoms with Gasteiger partial charge < -0.3 is 4.98 Å². The fraction of sp³-hybridized carbons (Fsp3) is 0.286. The lowest BCUT2D eigenvalue weighted by molar-refractivity contribution is -0.141. The van der Waals surface area contributed by atoms with Gasteiger partial charge in [-0.25, -0.2) is 0 Å². The molecule has 0 amide bonds. The van der Waals surface area contributed by atoms with Crippen molar-refractivity contribution >= 4 is 28.7 Å². The number of pyridine rings is 1. The molecule has 1 rings (SSSR count). The van der Waals surface area contributed by atoms with E-state index in [0.717, 1.165) is 6.07 Å². The molecule has 0 aliphatic rings. The minimum absolute atomic E-state index is 0.169. The summed E-state index contributed by atoms with van der Waals surface area (Å²) in [7, 11) is 1.43. The van der Waals surface area contributed by atoms with Gasteiger partial charge in [0.2, 0.25) is 5.56 Å². The molecule has 0 aliphatic heterocycles. The Morgan fingerprint density at radius 2 is 2.07 bits per heavy atom. The maximum atomic E-state index is 12.3. The van der Waals surface area contributed by atoms with E-state index < -0.39 is 17.4 Å². The Kier molecular flexibility index (Phi) is 3.09. The molecule has 0 fully saturated rings. The second-order valence-corrected chi connectivity index (χ2v) is 3.42. The minimum Gasteiger partial charge on any atom is -0.318 e. The Hall–Kier alpha value is -0.715. The van der Waals surface area contributed by atoms with Gasteiger partial charge in [-0.2, -0.15) is 13.2 Å². The topological polar surface area (TPSA) is 32.9 Å². The van der Waals surface area contributed by atoms with Gasteiger partial charge in [-0.05, 0) is 27.5 Å². The van der Waals surface area contributed by atoms with Crippen LogP contribution in [-0.2, 0) is 6.18 Å². The van der Waals surface area contributed by atoms with Crippen LogP contribution in [0, 0.1) is 0 Å². The molecule has 0 atom stereocenters. The summed E-state index contributed by atoms with van der Waals surface area (Å²) in [6.45, 7) is 1.57. The van der Waals surface area contributed by atoms with Crippen LogP contribution in [0.4, 0.5) is 13.2 Å². The van der Waals surface area contributed by atoms with Crippen LogP contribution in [-0.4, -0.2) is 12.3 Å². The van der Waals surface area contributed by atoms with Gasteiger partial charge in [0.15, 0.2) is 7.28 Å². The summed E-state index contributed by atoms with van der Waals surface area (Å²) < 4.78 is 36.6. The van der Waals surface area contributed by atoms with Crippen molar-refractivity contribution in [1.82, 2.24) is 4.98 Å². The molecule has 14 heavy (non-hydrogen) atoms. The Bertz CT molecular complexity index is 401. The highest BCUT2D eigenvalue weighted by Gasteiger charge is 2.34. The monoisotopic (exact) mass is 266 g/mol. The quantitative estimate of drug-likeness (QED) is 0.769. The molecule has 7 heteroatoms. The number of nitrogens with one attached hydrogen (secondary N) is 1. The van der Waals surface area contributed by atoms with Gasteiger partial charge in [0.25, 0.3) is 0 Å². The molecule has 0 spiro atoms. The van der Waals surface area contributed by atoms with Crippen LogP contribution in [0.25, 0.3) is 0 Å². The summed E-state index contributed by atoms with van der Waals surface area (Å²) >= 11 is 2.75. The summed E-state index contributed by atoms with van der Waals surface area (Å²) in [5.74, 6) is 0. The van der Waals surface area contributed by atoms with Crippen LogP contribution < -0.4 is 11.0 Å². The van der Waals surface area contributed by atoms with E-state index in [1.807, 2.05) is 0 Å². The molecule has 1 aromatic rings. The molecule has 0 bridgehead atoms. The van der Waals surface area contributed by atoms with Crippen molar-refractivity contribution in [1.29, 1.82) is 0 Å². The smallest absolute Gasteiger partial charge is 0.318 e. The SMILES string of the molecule is C[B]c1cc(Br)c(C(F)(F)F)[nH]c1=O. The summed E-state index contributed by atoms with van der Waals surface area (Å²) in [5.41, 5.74) is -1.61. The number of alkyl halides is 3. The lowest BCUT2D eigenvalue weighted by Crippen LogP contribution is -2.34. The maximum absolute atomic E-state index is 12.3. The first kappa shape index (κ1) is 11.4. The lowest BCUT2D eigenvalue weighted by atomic mass is 9.74. The van der Waals surface area contributed by atoms with E-state index in [2.05, 4.69) is 15.9 Å². The summed E-state index contributed by atoms with van der Waals surface area (Å²) in [4.78, 5) is 12.8. The third-order valence-corrected chi connectivity index (χ3v) is 2.24. The number of H-pyrrole nitrogens is 1. The molecule has 1 N–H and O–H groups in total. The van der Waals surface area contributed by atoms with Crippen LogP contribution in [0.1, 0.15) is 5.69 Å². The number of halogens is 4. The molecule has 0 aromatic carbocycles. The fourth-order valence-corrected chi connectivity index (χ4v) is 1.51. The summed E-state index contributed by atoms with van der Waals surface area (Å²) in [6.07, 6.45) is -4.55. The highest BCUT2D eigenvalue weighted by Crippen LogP contribution is 2.31. The van der Waals surface area contributed by atoms with Crippen LogP contribution in [0.5, 0.6) is 0 Å². The van der Waals surface area contributed by atoms with Crippen LogP contribution in [0.3, 0.4) is 0 Å². The zero-order valence-corrected chi connectivity index (χ0v) is 8.66. The largest absolute Gasteiger partial charge is 0.432 e. The highest BCUT2D eigenvalue weighted by atomic mass is 79.9. The second-order valence-electron chi connectivity index (χ2n) is 2.56. The Morgan fingerprint density at radius 3 is 2.50 bits per heavy atom. The van der Waals surface area contributed by atoms with E-state index in [1.54, 1.807) is 11.8 Å². The number of hydrogen-bond donors (Lipinski definition) is 1. The van der Waals surface area contributed by atoms with Crippen molar-refractivity contribution < 1.29 is 13.2 Å². The zero-order valence-electron chi connectivity index (χ0n) is 7.07. The molecule has 0 aliphatic carbocycles. The van der Waals surface area contributed by atoms with Crippen LogP contribution in [0.2, 0.25) is 6.82 Å². The first-order chi connectivity index (χ1) is 6.36. The van der Waals surface area contributed by atoms with Gasteiger partial charge in [0, 0.05) is 4.47 Å². The van der Waals surface area contributed by atoms with E-state index in [-0.39, 0.29) is 9.94 Å². The fourth-order valence-electron chi connectivity index (χ4n) is 0.940. The Labute approximate surface area is 86.9 Å². The zero-order chi connectivity index (χ0) is 10.9. The van der Waals surface area contributed by atoms with Gasteiger partial charge in [0.05, 0.1) is 0 Å². The molecule has 0 unspecified atom stereocenters. The van der Waals surface area contributed by atoms with E-state index >= 15 is 0 Å². The van der Waals surface area contributed by atoms with Gasteiger partial charge in [-0.3, -0.25) is 4.79 Å². The van der Waals surface area contributed by atoms with Crippen molar-refractivity contribution in [3.05, 3.63) is 26.6 Å². The Balaban J connectivity index is 3.37. The maximum Gasteiger partial charge on any atom is 0.432 e. The molecule has 0 saturated heterocycles. The van der Waals surface area contributed by atoms with Crippen molar-refractivity contribution in [3.63, 3.8) is 0 Å². The molecule has 1 radical (unpaired) electrons. The first-order valence-corrected chi connectivity index (χ1v) is 4.45. The average Bonchev–Trinajstić information content (AvgIpc) is 2.06. The Morgan fingerprint density at radius 1 is 1.50 bits per heavy atom. The number of aromatic nitrogens is 1. The third kappa shape index (κ3) is 2.20. The first-order valence-electron chi connectivity index (χ1n) is 3.65. The minimum atomic E-state index is -4.55. The molecule has 2 nitrogen and oxygen atoms in total. The van der Waals surface area contributed by atoms with E-state index in [4.69, 9.17) is 0 Å². The predicted octanol–water partition coefficient (Wildman–Crippen LogP) is 1.53. The molecule has 1 aromatic heterocycles. The van der Waals surface area contributed by atoms with Gasteiger partial charge in [0.1, 0.15) is 5.69 Å². The van der Waals surface area contributed by atoms with E-state index in [0.29, 0.717) is 0 Å². The highest BCUT2D eigenvalue weighted by molar-refractivity contribution is 9.10. The molecular weight excluding hydrogens is 262 g/mol. The van der Waals surface area contributed by atoms with E-state index in [9.17, 15) is 18.0 Å². The van der Waals surface area contributed by atoms with E-state index in [1.165, 1.54) is 7.28 Å². The molecule has 0 saturated carbocycles. The lowest BCUT2D eigenvalue weighted by Gasteiger charge is -2.09. The molecule has 1 heterocycles. The third-order valence-electron chi connectivity index (χ3n) is 1.62. The summed E-state index contributed by atoms with van der Waals surface area (Å²) in [6, 6.07) is 1.14. The second kappa shape index (κ2) is 3.80. The average molecular weight is 267 g/mol. The van der Waals surface area contributed by atoms with Crippen LogP contribution >= 0.6 is 15.9 Å². The van der Waals surface area contributed by atoms with Gasteiger partial charge in [-0.1, -0.05) is 6.82 Å². The summed E-state index contributed by atoms with van der Waals surface area (Å²) in [5, 5.41) is 0. The predicted molar refractivity (Wildman–Crippen MR) is 51.0 cm³/mol. The number of aromatic amines is 1. The molecular formula is C7H5BBrF3NO. The molecule has 75 valence electrons. The van der Waals surface area contributed by atoms with Gasteiger partial charge in [-0.15, -0.1) is 0 Å². The normalized spacial score (nSPS) is 11.5. The number of hydrogen-bond acceptors (Lipinski definition) is 1. The van der Waals surface area contributed by atoms with Gasteiger partial charge >= 0.3 is 6.18 Å². The van der Waals surface area contributed by atoms with Crippen molar-refractivity contribution in [2.45, 2.75) is 13.0 Å².